The van der Waals surface area contributed by atoms with E-state index in [1.807, 2.05) is 0 Å². The third-order valence-electron chi connectivity index (χ3n) is 3.62. The Morgan fingerprint density at radius 2 is 1.76 bits per heavy atom. The number of carbonyl (C=O) groups is 1. The van der Waals surface area contributed by atoms with Gasteiger partial charge in [-0.15, -0.1) is 0 Å². The second-order valence-corrected chi connectivity index (χ2v) is 7.83. The third-order valence-corrected chi connectivity index (χ3v) is 5.09. The number of aliphatic hydroxyl groups is 1. The van der Waals surface area contributed by atoms with Crippen LogP contribution in [0.3, 0.4) is 0 Å². The number of carbonyl (C=O) groups excluding carboxylic acids is 1. The van der Waals surface area contributed by atoms with Crippen LogP contribution in [0, 0.1) is 12.7 Å². The van der Waals surface area contributed by atoms with E-state index >= 15 is 0 Å². The van der Waals surface area contributed by atoms with Gasteiger partial charge in [0.1, 0.15) is 11.6 Å². The third kappa shape index (κ3) is 5.65. The van der Waals surface area contributed by atoms with E-state index in [4.69, 9.17) is 5.11 Å². The lowest BCUT2D eigenvalue weighted by Gasteiger charge is -2.07. The zero-order chi connectivity index (χ0) is 18.4. The number of hydrogen-bond acceptors (Lipinski definition) is 4. The average Bonchev–Trinajstić information content (AvgIpc) is 2.55. The van der Waals surface area contributed by atoms with Crippen LogP contribution in [0.25, 0.3) is 11.1 Å². The minimum atomic E-state index is -3.60. The van der Waals surface area contributed by atoms with Gasteiger partial charge in [-0.25, -0.2) is 12.8 Å². The lowest BCUT2D eigenvalue weighted by atomic mass is 10.0. The molecule has 1 amide bonds. The maximum absolute atomic E-state index is 13.3. The highest BCUT2D eigenvalue weighted by Crippen LogP contribution is 2.22. The molecule has 25 heavy (non-hydrogen) atoms. The summed E-state index contributed by atoms with van der Waals surface area (Å²) in [6.45, 7) is 1.47. The number of sulfone groups is 1. The monoisotopic (exact) mass is 365 g/mol. The molecule has 0 fully saturated rings. The second-order valence-electron chi connectivity index (χ2n) is 5.77. The zero-order valence-corrected chi connectivity index (χ0v) is 14.6. The number of aliphatic hydroxyl groups excluding tert-OH is 1. The van der Waals surface area contributed by atoms with Gasteiger partial charge in [-0.1, -0.05) is 30.3 Å². The first kappa shape index (κ1) is 19.1. The van der Waals surface area contributed by atoms with E-state index in [2.05, 4.69) is 5.32 Å². The summed E-state index contributed by atoms with van der Waals surface area (Å²) in [5, 5.41) is 10.9. The van der Waals surface area contributed by atoms with Gasteiger partial charge < -0.3 is 10.4 Å². The molecule has 2 N–H and O–H groups in total. The first-order chi connectivity index (χ1) is 11.8. The Balaban J connectivity index is 2.06. The topological polar surface area (TPSA) is 83.5 Å². The molecule has 2 aromatic carbocycles. The molecule has 0 unspecified atom stereocenters. The molecule has 5 nitrogen and oxygen atoms in total. The van der Waals surface area contributed by atoms with Gasteiger partial charge in [-0.05, 0) is 41.3 Å². The zero-order valence-electron chi connectivity index (χ0n) is 13.8. The smallest absolute Gasteiger partial charge is 0.235 e. The van der Waals surface area contributed by atoms with E-state index < -0.39 is 21.5 Å². The molecule has 0 aliphatic heterocycles. The number of hydrogen-bond donors (Lipinski definition) is 2. The van der Waals surface area contributed by atoms with Crippen LogP contribution >= 0.6 is 0 Å². The Labute approximate surface area is 146 Å². The number of nitrogens with one attached hydrogen (secondary N) is 1. The summed E-state index contributed by atoms with van der Waals surface area (Å²) < 4.78 is 37.4. The summed E-state index contributed by atoms with van der Waals surface area (Å²) in [5.41, 5.74) is 2.80. The van der Waals surface area contributed by atoms with Gasteiger partial charge in [0.15, 0.2) is 9.84 Å². The van der Waals surface area contributed by atoms with Crippen molar-refractivity contribution in [3.05, 3.63) is 59.4 Å². The van der Waals surface area contributed by atoms with Crippen molar-refractivity contribution in [3.8, 4) is 11.1 Å². The minimum absolute atomic E-state index is 0.0279. The Kier molecular flexibility index (Phi) is 6.27. The maximum Gasteiger partial charge on any atom is 0.235 e. The molecule has 0 radical (unpaired) electrons. The molecular formula is C18H20FNO4S. The molecular weight excluding hydrogens is 345 g/mol. The Morgan fingerprint density at radius 3 is 2.36 bits per heavy atom. The fraction of sp³-hybridized carbons (Fsp3) is 0.278. The molecule has 134 valence electrons. The van der Waals surface area contributed by atoms with E-state index in [1.54, 1.807) is 43.3 Å². The molecule has 0 aliphatic rings. The van der Waals surface area contributed by atoms with E-state index in [0.29, 0.717) is 11.1 Å². The first-order valence-corrected chi connectivity index (χ1v) is 9.56. The van der Waals surface area contributed by atoms with Crippen molar-refractivity contribution in [1.29, 1.82) is 0 Å². The van der Waals surface area contributed by atoms with Crippen LogP contribution < -0.4 is 5.32 Å². The molecule has 0 atom stereocenters. The summed E-state index contributed by atoms with van der Waals surface area (Å²) in [6.07, 6.45) is 0. The molecule has 0 aromatic heterocycles. The molecule has 0 saturated carbocycles. The van der Waals surface area contributed by atoms with Gasteiger partial charge >= 0.3 is 0 Å². The highest BCUT2D eigenvalue weighted by Gasteiger charge is 2.17. The van der Waals surface area contributed by atoms with E-state index in [1.165, 1.54) is 6.07 Å². The fourth-order valence-corrected chi connectivity index (χ4v) is 3.67. The van der Waals surface area contributed by atoms with E-state index in [-0.39, 0.29) is 24.7 Å². The van der Waals surface area contributed by atoms with Gasteiger partial charge in [0.2, 0.25) is 5.91 Å². The quantitative estimate of drug-likeness (QED) is 0.784. The number of benzene rings is 2. The number of amides is 1. The van der Waals surface area contributed by atoms with Crippen LogP contribution in [0.4, 0.5) is 4.39 Å². The molecule has 0 heterocycles. The van der Waals surface area contributed by atoms with Crippen molar-refractivity contribution in [2.75, 3.05) is 18.9 Å². The van der Waals surface area contributed by atoms with Crippen molar-refractivity contribution < 1.29 is 22.7 Å². The lowest BCUT2D eigenvalue weighted by Crippen LogP contribution is -2.32. The Bertz CT molecular complexity index is 848. The van der Waals surface area contributed by atoms with Gasteiger partial charge in [-0.3, -0.25) is 4.79 Å². The average molecular weight is 365 g/mol. The van der Waals surface area contributed by atoms with Crippen LogP contribution in [-0.4, -0.2) is 38.3 Å². The highest BCUT2D eigenvalue weighted by molar-refractivity contribution is 7.91. The highest BCUT2D eigenvalue weighted by atomic mass is 32.2. The largest absolute Gasteiger partial charge is 0.395 e. The molecule has 0 bridgehead atoms. The maximum atomic E-state index is 13.3. The first-order valence-electron chi connectivity index (χ1n) is 7.74. The van der Waals surface area contributed by atoms with Gasteiger partial charge in [0, 0.05) is 6.54 Å². The minimum Gasteiger partial charge on any atom is -0.395 e. The van der Waals surface area contributed by atoms with Crippen LogP contribution in [0.2, 0.25) is 0 Å². The van der Waals surface area contributed by atoms with Gasteiger partial charge in [0.25, 0.3) is 0 Å². The molecule has 0 saturated heterocycles. The predicted octanol–water partition coefficient (Wildman–Crippen LogP) is 1.82. The van der Waals surface area contributed by atoms with Crippen molar-refractivity contribution in [2.24, 2.45) is 0 Å². The van der Waals surface area contributed by atoms with Crippen LogP contribution in [0.5, 0.6) is 0 Å². The molecule has 2 rings (SSSR count). The summed E-state index contributed by atoms with van der Waals surface area (Å²) in [4.78, 5) is 11.5. The number of rotatable bonds is 7. The van der Waals surface area contributed by atoms with E-state index in [9.17, 15) is 17.6 Å². The summed E-state index contributed by atoms with van der Waals surface area (Å²) in [5.74, 6) is -1.77. The molecule has 7 heteroatoms. The summed E-state index contributed by atoms with van der Waals surface area (Å²) >= 11 is 0. The van der Waals surface area contributed by atoms with Crippen LogP contribution in [0.15, 0.2) is 42.5 Å². The number of aryl methyl sites for hydroxylation is 1. The van der Waals surface area contributed by atoms with Gasteiger partial charge in [-0.2, -0.15) is 0 Å². The normalized spacial score (nSPS) is 11.3. The SMILES string of the molecule is Cc1cc(-c2ccc(CS(=O)(=O)CC(=O)NCCO)cc2)ccc1F. The standard InChI is InChI=1S/C18H20FNO4S/c1-13-10-16(6-7-17(13)19)15-4-2-14(3-5-15)11-25(23,24)12-18(22)20-8-9-21/h2-7,10,21H,8-9,11-12H2,1H3,(H,20,22). The fourth-order valence-electron chi connectivity index (χ4n) is 2.37. The van der Waals surface area contributed by atoms with Crippen LogP contribution in [0.1, 0.15) is 11.1 Å². The van der Waals surface area contributed by atoms with Crippen molar-refractivity contribution >= 4 is 15.7 Å². The lowest BCUT2D eigenvalue weighted by molar-refractivity contribution is -0.118. The second kappa shape index (κ2) is 8.22. The van der Waals surface area contributed by atoms with Crippen molar-refractivity contribution in [2.45, 2.75) is 12.7 Å². The van der Waals surface area contributed by atoms with Crippen molar-refractivity contribution in [3.63, 3.8) is 0 Å². The van der Waals surface area contributed by atoms with Crippen LogP contribution in [-0.2, 0) is 20.4 Å². The Morgan fingerprint density at radius 1 is 1.12 bits per heavy atom. The summed E-state index contributed by atoms with van der Waals surface area (Å²) in [6, 6.07) is 11.7. The predicted molar refractivity (Wildman–Crippen MR) is 94.2 cm³/mol. The Hall–Kier alpha value is -2.25. The van der Waals surface area contributed by atoms with E-state index in [0.717, 1.165) is 11.1 Å². The molecule has 0 aliphatic carbocycles. The summed E-state index contributed by atoms with van der Waals surface area (Å²) in [7, 11) is -3.60. The number of halogens is 1. The van der Waals surface area contributed by atoms with Crippen molar-refractivity contribution in [1.82, 2.24) is 5.32 Å². The molecule has 2 aromatic rings. The molecule has 0 spiro atoms. The van der Waals surface area contributed by atoms with Gasteiger partial charge in [0.05, 0.1) is 12.4 Å².